The molecule has 5 heteroatoms. The molecule has 2 heterocycles. The molecule has 0 fully saturated rings. The second kappa shape index (κ2) is 17.7. The predicted octanol–water partition coefficient (Wildman–Crippen LogP) is 18.5. The van der Waals surface area contributed by atoms with E-state index in [4.69, 9.17) is 8.83 Å². The third-order valence-electron chi connectivity index (χ3n) is 13.3. The molecule has 0 bridgehead atoms. The van der Waals surface area contributed by atoms with Crippen molar-refractivity contribution in [3.8, 4) is 22.3 Å². The van der Waals surface area contributed by atoms with Gasteiger partial charge in [0.2, 0.25) is 0 Å². The van der Waals surface area contributed by atoms with Crippen molar-refractivity contribution >= 4 is 73.1 Å². The minimum Gasteiger partial charge on any atom is -0.464 e. The van der Waals surface area contributed by atoms with Crippen LogP contribution in [0.4, 0.5) is 51.2 Å². The minimum absolute atomic E-state index is 0.864. The number of hydrogen-bond acceptors (Lipinski definition) is 5. The Morgan fingerprint density at radius 1 is 0.250 bits per heavy atom. The number of furan rings is 2. The summed E-state index contributed by atoms with van der Waals surface area (Å²) in [6.07, 6.45) is 3.49. The molecule has 0 unspecified atom stereocenters. The average Bonchev–Trinajstić information content (AvgIpc) is 4.05. The Labute approximate surface area is 398 Å². The van der Waals surface area contributed by atoms with Crippen LogP contribution in [0.5, 0.6) is 0 Å². The van der Waals surface area contributed by atoms with Gasteiger partial charge in [-0.25, -0.2) is 0 Å². The molecular weight excluding hydrogens is 831 g/mol. The first-order chi connectivity index (χ1) is 33.2. The maximum Gasteiger partial charge on any atom is 0.133 e. The lowest BCUT2D eigenvalue weighted by molar-refractivity contribution is 0.615. The molecule has 11 aromatic rings. The molecule has 0 amide bonds. The van der Waals surface area contributed by atoms with Crippen LogP contribution in [0.2, 0.25) is 0 Å². The highest BCUT2D eigenvalue weighted by atomic mass is 16.3. The van der Waals surface area contributed by atoms with E-state index in [-0.39, 0.29) is 0 Å². The Bertz CT molecular complexity index is 3500. The summed E-state index contributed by atoms with van der Waals surface area (Å²) in [4.78, 5) is 6.96. The Hall–Kier alpha value is -8.54. The number of hydrogen-bond donors (Lipinski definition) is 0. The number of rotatable bonds is 11. The first-order valence-electron chi connectivity index (χ1n) is 23.2. The molecular formula is C63H51N3O2. The second-order valence-corrected chi connectivity index (χ2v) is 17.9. The quantitative estimate of drug-likeness (QED) is 0.129. The van der Waals surface area contributed by atoms with E-state index in [0.29, 0.717) is 0 Å². The van der Waals surface area contributed by atoms with Gasteiger partial charge in [0.25, 0.3) is 0 Å². The highest BCUT2D eigenvalue weighted by Gasteiger charge is 2.18. The van der Waals surface area contributed by atoms with Crippen molar-refractivity contribution in [1.29, 1.82) is 0 Å². The fourth-order valence-corrected chi connectivity index (χ4v) is 9.16. The first-order valence-corrected chi connectivity index (χ1v) is 23.2. The van der Waals surface area contributed by atoms with Gasteiger partial charge in [-0.3, -0.25) is 0 Å². The Balaban J connectivity index is 0.888. The van der Waals surface area contributed by atoms with E-state index in [2.05, 4.69) is 237 Å². The van der Waals surface area contributed by atoms with Crippen LogP contribution >= 0.6 is 0 Å². The third-order valence-corrected chi connectivity index (χ3v) is 13.3. The van der Waals surface area contributed by atoms with Crippen LogP contribution in [0.15, 0.2) is 228 Å². The summed E-state index contributed by atoms with van der Waals surface area (Å²) >= 11 is 0. The van der Waals surface area contributed by atoms with Gasteiger partial charge in [0.05, 0.1) is 12.5 Å². The highest BCUT2D eigenvalue weighted by molar-refractivity contribution is 5.89. The molecule has 0 aliphatic rings. The molecule has 68 heavy (non-hydrogen) atoms. The lowest BCUT2D eigenvalue weighted by Gasteiger charge is -2.27. The molecule has 0 N–H and O–H groups in total. The Morgan fingerprint density at radius 2 is 0.529 bits per heavy atom. The summed E-state index contributed by atoms with van der Waals surface area (Å²) in [6, 6.07) is 74.4. The normalized spacial score (nSPS) is 11.3. The topological polar surface area (TPSA) is 36.0 Å². The summed E-state index contributed by atoms with van der Waals surface area (Å²) < 4.78 is 11.4. The van der Waals surface area contributed by atoms with Crippen molar-refractivity contribution < 1.29 is 8.83 Å². The van der Waals surface area contributed by atoms with Gasteiger partial charge >= 0.3 is 0 Å². The first kappa shape index (κ1) is 42.1. The molecule has 0 saturated heterocycles. The van der Waals surface area contributed by atoms with Crippen molar-refractivity contribution in [3.05, 3.63) is 247 Å². The fourth-order valence-electron chi connectivity index (χ4n) is 9.16. The molecule has 9 aromatic carbocycles. The van der Waals surface area contributed by atoms with Gasteiger partial charge in [-0.05, 0) is 213 Å². The van der Waals surface area contributed by atoms with E-state index in [9.17, 15) is 0 Å². The van der Waals surface area contributed by atoms with Crippen LogP contribution < -0.4 is 14.7 Å². The summed E-state index contributed by atoms with van der Waals surface area (Å²) in [5, 5.41) is 2.13. The van der Waals surface area contributed by atoms with Crippen molar-refractivity contribution in [2.24, 2.45) is 0 Å². The van der Waals surface area contributed by atoms with Crippen molar-refractivity contribution in [2.45, 2.75) is 34.6 Å². The van der Waals surface area contributed by atoms with E-state index in [1.165, 1.54) is 27.8 Å². The van der Waals surface area contributed by atoms with Gasteiger partial charge in [-0.15, -0.1) is 0 Å². The lowest BCUT2D eigenvalue weighted by atomic mass is 10.0. The smallest absolute Gasteiger partial charge is 0.133 e. The summed E-state index contributed by atoms with van der Waals surface area (Å²) in [7, 11) is 0. The molecule has 0 saturated carbocycles. The van der Waals surface area contributed by atoms with E-state index >= 15 is 0 Å². The zero-order valence-electron chi connectivity index (χ0n) is 38.9. The van der Waals surface area contributed by atoms with Gasteiger partial charge in [0.1, 0.15) is 11.2 Å². The van der Waals surface area contributed by atoms with E-state index in [0.717, 1.165) is 95.4 Å². The van der Waals surface area contributed by atoms with E-state index in [1.807, 2.05) is 18.2 Å². The number of anilines is 9. The van der Waals surface area contributed by atoms with Crippen molar-refractivity contribution in [3.63, 3.8) is 0 Å². The maximum absolute atomic E-state index is 5.75. The second-order valence-electron chi connectivity index (χ2n) is 17.9. The van der Waals surface area contributed by atoms with Gasteiger partial charge < -0.3 is 23.5 Å². The summed E-state index contributed by atoms with van der Waals surface area (Å²) in [5.74, 6) is 0. The number of aryl methyl sites for hydroxylation is 5. The van der Waals surface area contributed by atoms with Gasteiger partial charge in [0, 0.05) is 62.0 Å². The van der Waals surface area contributed by atoms with E-state index in [1.54, 1.807) is 12.5 Å². The van der Waals surface area contributed by atoms with Gasteiger partial charge in [0.15, 0.2) is 0 Å². The summed E-state index contributed by atoms with van der Waals surface area (Å²) in [6.45, 7) is 10.8. The molecule has 330 valence electrons. The molecule has 2 aromatic heterocycles. The lowest BCUT2D eigenvalue weighted by Crippen LogP contribution is -2.10. The summed E-state index contributed by atoms with van der Waals surface area (Å²) in [5.41, 5.74) is 22.5. The Morgan fingerprint density at radius 3 is 0.868 bits per heavy atom. The zero-order chi connectivity index (χ0) is 46.3. The predicted molar refractivity (Wildman–Crippen MR) is 285 cm³/mol. The molecule has 0 radical (unpaired) electrons. The van der Waals surface area contributed by atoms with Crippen LogP contribution in [-0.2, 0) is 0 Å². The van der Waals surface area contributed by atoms with Crippen molar-refractivity contribution in [1.82, 2.24) is 0 Å². The SMILES string of the molecule is Cc1ccc(N(c2ccc(-c3ccc(N(c4ccc(-c5ccc(N(c6ccc(C)c(C)c6)c6ccc(C)c(C)c6)cc5)cc4)c4ccc5occc5c4)cc3)cc2)c2ccc3occc3c2)cc1. The fraction of sp³-hybridized carbons (Fsp3) is 0.0794. The minimum atomic E-state index is 0.864. The maximum atomic E-state index is 5.75. The number of benzene rings is 9. The molecule has 0 atom stereocenters. The van der Waals surface area contributed by atoms with Crippen LogP contribution in [0.1, 0.15) is 27.8 Å². The van der Waals surface area contributed by atoms with Crippen LogP contribution in [0.3, 0.4) is 0 Å². The molecule has 0 aliphatic carbocycles. The zero-order valence-corrected chi connectivity index (χ0v) is 38.9. The molecule has 0 aliphatic heterocycles. The Kier molecular flexibility index (Phi) is 11.0. The van der Waals surface area contributed by atoms with Gasteiger partial charge in [-0.1, -0.05) is 78.4 Å². The average molecular weight is 882 g/mol. The molecule has 5 nitrogen and oxygen atoms in total. The standard InChI is InChI=1S/C63H51N3O2/c1-42-6-18-53(19-7-42)64(60-30-32-62-51(40-60)34-36-67-62)54-22-10-47(11-23-54)48-12-24-55(25-13-48)65(61-31-33-63-52(41-61)35-37-68-63)56-26-14-49(15-27-56)50-16-28-57(29-17-50)66(58-20-8-43(2)45(4)38-58)59-21-9-44(3)46(5)39-59/h6-41H,1-5H3. The van der Waals surface area contributed by atoms with Crippen LogP contribution in [0, 0.1) is 34.6 Å². The molecule has 0 spiro atoms. The number of fused-ring (bicyclic) bond motifs is 2. The van der Waals surface area contributed by atoms with E-state index < -0.39 is 0 Å². The number of nitrogens with zero attached hydrogens (tertiary/aromatic N) is 3. The van der Waals surface area contributed by atoms with Gasteiger partial charge in [-0.2, -0.15) is 0 Å². The highest BCUT2D eigenvalue weighted by Crippen LogP contribution is 2.42. The van der Waals surface area contributed by atoms with Crippen molar-refractivity contribution in [2.75, 3.05) is 14.7 Å². The van der Waals surface area contributed by atoms with Crippen LogP contribution in [-0.4, -0.2) is 0 Å². The largest absolute Gasteiger partial charge is 0.464 e. The third kappa shape index (κ3) is 8.20. The van der Waals surface area contributed by atoms with Crippen LogP contribution in [0.25, 0.3) is 44.2 Å². The monoisotopic (exact) mass is 881 g/mol. The molecule has 11 rings (SSSR count).